The predicted octanol–water partition coefficient (Wildman–Crippen LogP) is 2.13. The number of aromatic nitrogens is 4. The summed E-state index contributed by atoms with van der Waals surface area (Å²) >= 11 is 3.34. The quantitative estimate of drug-likeness (QED) is 0.281. The average molecular weight is 660 g/mol. The molecule has 2 heterocycles. The number of rotatable bonds is 5. The maximum Gasteiger partial charge on any atom is 0.245 e. The second-order valence-electron chi connectivity index (χ2n) is 11.7. The minimum atomic E-state index is 0. The summed E-state index contributed by atoms with van der Waals surface area (Å²) < 4.78 is 17.9. The van der Waals surface area contributed by atoms with Crippen LogP contribution in [0, 0.1) is 54.3 Å². The fraction of sp³-hybridized carbons (Fsp3) is 0.548. The molecule has 0 N–H and O–H groups in total. The van der Waals surface area contributed by atoms with E-state index in [0.717, 1.165) is 47.2 Å². The molecule has 0 aromatic carbocycles. The van der Waals surface area contributed by atoms with Gasteiger partial charge < -0.3 is 31.0 Å². The van der Waals surface area contributed by atoms with Crippen LogP contribution in [-0.4, -0.2) is 31.8 Å². The third-order valence-electron chi connectivity index (χ3n) is 9.53. The van der Waals surface area contributed by atoms with Crippen molar-refractivity contribution < 1.29 is 31.0 Å². The molecule has 210 valence electrons. The van der Waals surface area contributed by atoms with Crippen molar-refractivity contribution in [3.63, 3.8) is 0 Å². The van der Waals surface area contributed by atoms with E-state index < -0.39 is 0 Å². The normalized spacial score (nSPS) is 36.8. The van der Waals surface area contributed by atoms with Gasteiger partial charge in [0.25, 0.3) is 0 Å². The van der Waals surface area contributed by atoms with Gasteiger partial charge in [-0.25, -0.2) is 14.1 Å². The molecular formula is C31H40Br2N4O2. The lowest BCUT2D eigenvalue weighted by atomic mass is 9.84. The fourth-order valence-corrected chi connectivity index (χ4v) is 7.90. The number of hydrogen-bond acceptors (Lipinski definition) is 3. The lowest BCUT2D eigenvalue weighted by Gasteiger charge is -2.25. The Labute approximate surface area is 251 Å². The van der Waals surface area contributed by atoms with Crippen LogP contribution in [0.25, 0.3) is 0 Å². The molecule has 10 atom stereocenters. The highest BCUT2D eigenvalue weighted by Crippen LogP contribution is 2.54. The number of fused-ring (bicyclic) bond motifs is 10. The first-order chi connectivity index (χ1) is 18.5. The van der Waals surface area contributed by atoms with E-state index in [0.29, 0.717) is 30.4 Å². The second kappa shape index (κ2) is 12.4. The van der Waals surface area contributed by atoms with Gasteiger partial charge in [-0.15, -0.1) is 0 Å². The summed E-state index contributed by atoms with van der Waals surface area (Å²) in [5.74, 6) is 7.15. The maximum absolute atomic E-state index is 6.10. The van der Waals surface area contributed by atoms with Crippen molar-refractivity contribution in [1.29, 1.82) is 0 Å². The summed E-state index contributed by atoms with van der Waals surface area (Å²) in [6, 6.07) is 0. The Bertz CT molecular complexity index is 1220. The number of imidazole rings is 2. The van der Waals surface area contributed by atoms with Gasteiger partial charge in [0.15, 0.2) is 6.73 Å². The molecule has 4 bridgehead atoms. The zero-order chi connectivity index (χ0) is 26.2. The molecule has 2 fully saturated rings. The summed E-state index contributed by atoms with van der Waals surface area (Å²) in [6.45, 7) is 2.63. The predicted molar refractivity (Wildman–Crippen MR) is 151 cm³/mol. The molecule has 2 aromatic rings. The van der Waals surface area contributed by atoms with Crippen LogP contribution in [0.1, 0.15) is 18.7 Å². The minimum absolute atomic E-state index is 0. The van der Waals surface area contributed by atoms with Gasteiger partial charge in [0, 0.05) is 31.3 Å². The summed E-state index contributed by atoms with van der Waals surface area (Å²) in [5, 5.41) is 0. The molecule has 0 aliphatic heterocycles. The van der Waals surface area contributed by atoms with Crippen molar-refractivity contribution in [3.05, 3.63) is 85.5 Å². The molecule has 2 aromatic heterocycles. The van der Waals surface area contributed by atoms with E-state index in [1.165, 1.54) is 12.8 Å². The van der Waals surface area contributed by atoms with Crippen LogP contribution in [-0.2, 0) is 30.3 Å². The van der Waals surface area contributed by atoms with Crippen LogP contribution >= 0.6 is 15.9 Å². The number of alkyl halides is 1. The lowest BCUT2D eigenvalue weighted by molar-refractivity contribution is -0.671. The van der Waals surface area contributed by atoms with Gasteiger partial charge in [0.05, 0.1) is 19.3 Å². The largest absolute Gasteiger partial charge is 1.00 e. The third kappa shape index (κ3) is 5.85. The van der Waals surface area contributed by atoms with Crippen LogP contribution in [0.2, 0.25) is 0 Å². The van der Waals surface area contributed by atoms with E-state index in [-0.39, 0.29) is 17.0 Å². The number of nitrogens with zero attached hydrogens (tertiary/aromatic N) is 4. The summed E-state index contributed by atoms with van der Waals surface area (Å²) in [4.78, 5) is 3.98. The molecule has 0 saturated heterocycles. The SMILES string of the molecule is BrCO[C@@H]1C=C[C@H]2C3C=CC(C3)[C@@H]12.C[n+]1ccn(CO[C@@H]2C=C[C@H]3C4C=CC(C4)[C@@H]23)c1.Cc1nccn1C.[Br-]. The van der Waals surface area contributed by atoms with E-state index in [4.69, 9.17) is 9.47 Å². The minimum Gasteiger partial charge on any atom is -1.00 e. The number of hydrogen-bond donors (Lipinski definition) is 0. The number of halogens is 2. The molecule has 0 amide bonds. The maximum atomic E-state index is 6.10. The molecule has 8 heteroatoms. The van der Waals surface area contributed by atoms with Gasteiger partial charge >= 0.3 is 0 Å². The molecule has 6 aliphatic rings. The zero-order valence-corrected chi connectivity index (χ0v) is 26.1. The van der Waals surface area contributed by atoms with E-state index in [1.54, 1.807) is 6.20 Å². The third-order valence-corrected chi connectivity index (χ3v) is 9.79. The molecule has 6 nitrogen and oxygen atoms in total. The van der Waals surface area contributed by atoms with Gasteiger partial charge in [0.1, 0.15) is 23.7 Å². The van der Waals surface area contributed by atoms with E-state index in [9.17, 15) is 0 Å². The van der Waals surface area contributed by atoms with E-state index >= 15 is 0 Å². The Morgan fingerprint density at radius 3 is 1.92 bits per heavy atom. The Morgan fingerprint density at radius 2 is 1.46 bits per heavy atom. The first-order valence-electron chi connectivity index (χ1n) is 14.0. The van der Waals surface area contributed by atoms with Crippen molar-refractivity contribution in [3.8, 4) is 0 Å². The molecule has 39 heavy (non-hydrogen) atoms. The summed E-state index contributed by atoms with van der Waals surface area (Å²) in [7, 11) is 4.01. The monoisotopic (exact) mass is 658 g/mol. The number of ether oxygens (including phenoxy) is 2. The van der Waals surface area contributed by atoms with Gasteiger partial charge in [-0.2, -0.15) is 0 Å². The topological polar surface area (TPSA) is 45.1 Å². The van der Waals surface area contributed by atoms with Crippen LogP contribution in [0.15, 0.2) is 79.7 Å². The number of aryl methyl sites for hydroxylation is 3. The molecule has 4 unspecified atom stereocenters. The molecule has 0 radical (unpaired) electrons. The molecule has 6 aliphatic carbocycles. The first-order valence-corrected chi connectivity index (χ1v) is 15.1. The van der Waals surface area contributed by atoms with Crippen LogP contribution in [0.4, 0.5) is 0 Å². The van der Waals surface area contributed by atoms with Gasteiger partial charge in [-0.3, -0.25) is 0 Å². The highest BCUT2D eigenvalue weighted by atomic mass is 79.9. The fourth-order valence-electron chi connectivity index (χ4n) is 7.59. The van der Waals surface area contributed by atoms with E-state index in [2.05, 4.69) is 86.6 Å². The first kappa shape index (κ1) is 28.8. The van der Waals surface area contributed by atoms with Crippen LogP contribution in [0.3, 0.4) is 0 Å². The molecule has 8 rings (SSSR count). The van der Waals surface area contributed by atoms with Crippen molar-refractivity contribution in [2.24, 2.45) is 61.4 Å². The van der Waals surface area contributed by atoms with Gasteiger partial charge in [-0.1, -0.05) is 64.5 Å². The summed E-state index contributed by atoms with van der Waals surface area (Å²) in [6.07, 6.45) is 32.1. The number of allylic oxidation sites excluding steroid dienone is 6. The standard InChI is InChI=1S/C15H19N2O.C11H13BrO.C5H8N2.BrH/c1-16-6-7-17(9-16)10-18-14-5-4-13-11-2-3-12(8-11)15(13)14;12-6-13-10-4-3-9-7-1-2-8(5-7)11(9)10;1-5-6-3-4-7(5)2;/h2-7,9,11-15H,8,10H2,1H3;1-4,7-11H,5-6H2;3-4H,1-2H3;1H/q+1;;;/p-1/t11?,12?,13-,14+,15+;7?,8?,9-,10+,11+;;/m00../s1. The van der Waals surface area contributed by atoms with Crippen molar-refractivity contribution in [2.75, 3.05) is 5.52 Å². The van der Waals surface area contributed by atoms with Gasteiger partial charge in [0.2, 0.25) is 6.33 Å². The van der Waals surface area contributed by atoms with Crippen molar-refractivity contribution >= 4 is 15.9 Å². The van der Waals surface area contributed by atoms with Gasteiger partial charge in [-0.05, 0) is 55.3 Å². The van der Waals surface area contributed by atoms with Crippen LogP contribution < -0.4 is 21.5 Å². The second-order valence-corrected chi connectivity index (χ2v) is 12.1. The lowest BCUT2D eigenvalue weighted by Crippen LogP contribution is -3.00. The molecular weight excluding hydrogens is 620 g/mol. The Morgan fingerprint density at radius 1 is 0.872 bits per heavy atom. The van der Waals surface area contributed by atoms with Crippen molar-refractivity contribution in [2.45, 2.75) is 38.7 Å². The highest BCUT2D eigenvalue weighted by molar-refractivity contribution is 9.09. The smallest absolute Gasteiger partial charge is 0.245 e. The zero-order valence-electron chi connectivity index (χ0n) is 23.0. The highest BCUT2D eigenvalue weighted by Gasteiger charge is 2.50. The molecule has 2 saturated carbocycles. The summed E-state index contributed by atoms with van der Waals surface area (Å²) in [5.41, 5.74) is 0.659. The Hall–Kier alpha value is -1.74. The van der Waals surface area contributed by atoms with Crippen LogP contribution in [0.5, 0.6) is 0 Å². The van der Waals surface area contributed by atoms with Crippen molar-refractivity contribution in [1.82, 2.24) is 14.1 Å². The van der Waals surface area contributed by atoms with E-state index in [1.807, 2.05) is 42.5 Å². The Balaban J connectivity index is 0.000000129. The Kier molecular flexibility index (Phi) is 9.16. The molecule has 0 spiro atoms. The average Bonchev–Trinajstić information content (AvgIpc) is 3.75.